The summed E-state index contributed by atoms with van der Waals surface area (Å²) in [5, 5.41) is 3.30. The highest BCUT2D eigenvalue weighted by atomic mass is 16.5. The van der Waals surface area contributed by atoms with Crippen LogP contribution in [-0.4, -0.2) is 45.2 Å². The van der Waals surface area contributed by atoms with Crippen molar-refractivity contribution in [1.82, 2.24) is 5.32 Å². The molecule has 3 atom stereocenters. The fourth-order valence-electron chi connectivity index (χ4n) is 5.72. The third-order valence-corrected chi connectivity index (χ3v) is 7.54. The van der Waals surface area contributed by atoms with Crippen LogP contribution in [0.3, 0.4) is 0 Å². The summed E-state index contributed by atoms with van der Waals surface area (Å²) in [6.07, 6.45) is 5.15. The molecule has 0 unspecified atom stereocenters. The van der Waals surface area contributed by atoms with Crippen molar-refractivity contribution in [2.24, 2.45) is 11.8 Å². The van der Waals surface area contributed by atoms with E-state index in [0.717, 1.165) is 32.1 Å². The van der Waals surface area contributed by atoms with Crippen LogP contribution in [0.15, 0.2) is 40.7 Å². The van der Waals surface area contributed by atoms with Crippen molar-refractivity contribution in [2.45, 2.75) is 64.4 Å². The van der Waals surface area contributed by atoms with Crippen molar-refractivity contribution in [2.75, 3.05) is 21.3 Å². The Morgan fingerprint density at radius 1 is 1.03 bits per heavy atom. The predicted octanol–water partition coefficient (Wildman–Crippen LogP) is 4.19. The second-order valence-electron chi connectivity index (χ2n) is 9.81. The van der Waals surface area contributed by atoms with Crippen LogP contribution >= 0.6 is 0 Å². The van der Waals surface area contributed by atoms with E-state index in [4.69, 9.17) is 18.9 Å². The van der Waals surface area contributed by atoms with Gasteiger partial charge in [-0.25, -0.2) is 4.79 Å². The lowest BCUT2D eigenvalue weighted by atomic mass is 9.69. The number of hydrogen-bond acceptors (Lipinski definition) is 8. The van der Waals surface area contributed by atoms with E-state index in [2.05, 4.69) is 5.32 Å². The topological polar surface area (TPSA) is 100 Å². The molecule has 3 aliphatic rings. The maximum absolute atomic E-state index is 13.9. The van der Waals surface area contributed by atoms with Gasteiger partial charge in [0.1, 0.15) is 23.5 Å². The Balaban J connectivity index is 1.86. The molecule has 8 nitrogen and oxygen atoms in total. The van der Waals surface area contributed by atoms with E-state index in [1.807, 2.05) is 13.8 Å². The fourth-order valence-corrected chi connectivity index (χ4v) is 5.72. The molecule has 0 amide bonds. The first-order valence-electron chi connectivity index (χ1n) is 12.6. The fraction of sp³-hybridized carbons (Fsp3) is 0.536. The predicted molar refractivity (Wildman–Crippen MR) is 132 cm³/mol. The molecule has 36 heavy (non-hydrogen) atoms. The second-order valence-corrected chi connectivity index (χ2v) is 9.81. The van der Waals surface area contributed by atoms with Crippen LogP contribution in [-0.2, 0) is 23.9 Å². The van der Waals surface area contributed by atoms with E-state index in [9.17, 15) is 14.4 Å². The monoisotopic (exact) mass is 497 g/mol. The second kappa shape index (κ2) is 10.8. The molecule has 0 saturated heterocycles. The van der Waals surface area contributed by atoms with Crippen LogP contribution in [0, 0.1) is 11.8 Å². The number of ether oxygens (including phenoxy) is 4. The van der Waals surface area contributed by atoms with E-state index < -0.39 is 23.8 Å². The van der Waals surface area contributed by atoms with Crippen LogP contribution in [0.4, 0.5) is 0 Å². The lowest BCUT2D eigenvalue weighted by Crippen LogP contribution is -2.43. The Morgan fingerprint density at radius 3 is 2.39 bits per heavy atom. The van der Waals surface area contributed by atoms with Gasteiger partial charge in [-0.2, -0.15) is 0 Å². The summed E-state index contributed by atoms with van der Waals surface area (Å²) in [5.74, 6) is -2.32. The number of esters is 2. The molecule has 1 aliphatic heterocycles. The standard InChI is InChI=1S/C28H35NO7/c1-15-13-20-25(26(30)22(15)27(31)35-5)24(19-14-18(33-3)11-12-21(19)34-4)23(16(2)29-20)28(32)36-17-9-7-6-8-10-17/h11-12,14-15,17,22,24,29H,6-10,13H2,1-5H3/t15-,22-,24-/m0/s1. The molecule has 0 radical (unpaired) electrons. The minimum absolute atomic E-state index is 0.153. The summed E-state index contributed by atoms with van der Waals surface area (Å²) in [5.41, 5.74) is 2.65. The van der Waals surface area contributed by atoms with Crippen molar-refractivity contribution in [3.8, 4) is 11.5 Å². The number of hydrogen-bond donors (Lipinski definition) is 1. The maximum atomic E-state index is 13.9. The summed E-state index contributed by atoms with van der Waals surface area (Å²) in [4.78, 5) is 40.3. The Morgan fingerprint density at radius 2 is 1.75 bits per heavy atom. The first-order chi connectivity index (χ1) is 17.3. The minimum atomic E-state index is -0.955. The third kappa shape index (κ3) is 4.73. The van der Waals surface area contributed by atoms with Gasteiger partial charge in [-0.3, -0.25) is 9.59 Å². The Hall–Kier alpha value is -3.29. The van der Waals surface area contributed by atoms with Crippen LogP contribution < -0.4 is 14.8 Å². The van der Waals surface area contributed by atoms with Gasteiger partial charge >= 0.3 is 11.9 Å². The number of allylic oxidation sites excluding steroid dienone is 3. The highest BCUT2D eigenvalue weighted by molar-refractivity contribution is 6.12. The number of ketones is 1. The molecule has 1 N–H and O–H groups in total. The highest BCUT2D eigenvalue weighted by Crippen LogP contribution is 2.48. The van der Waals surface area contributed by atoms with Crippen LogP contribution in [0.25, 0.3) is 0 Å². The van der Waals surface area contributed by atoms with Crippen LogP contribution in [0.2, 0.25) is 0 Å². The Kier molecular flexibility index (Phi) is 7.71. The van der Waals surface area contributed by atoms with Crippen molar-refractivity contribution in [3.63, 3.8) is 0 Å². The summed E-state index contributed by atoms with van der Waals surface area (Å²) >= 11 is 0. The van der Waals surface area contributed by atoms with E-state index in [0.29, 0.717) is 46.0 Å². The zero-order chi connectivity index (χ0) is 26.0. The number of methoxy groups -OCH3 is 3. The maximum Gasteiger partial charge on any atom is 0.337 e. The lowest BCUT2D eigenvalue weighted by molar-refractivity contribution is -0.151. The zero-order valence-corrected chi connectivity index (χ0v) is 21.6. The number of benzene rings is 1. The molecule has 2 aliphatic carbocycles. The Bertz CT molecular complexity index is 1110. The molecule has 1 aromatic rings. The third-order valence-electron chi connectivity index (χ3n) is 7.54. The van der Waals surface area contributed by atoms with Gasteiger partial charge in [0.25, 0.3) is 0 Å². The number of Topliss-reactive ketones (excluding diaryl/α,β-unsaturated/α-hetero) is 1. The SMILES string of the molecule is COC(=O)[C@@H]1C(=O)C2=C(C[C@@H]1C)NC(C)=C(C(=O)OC1CCCCC1)[C@@H]2c1cc(OC)ccc1OC. The first kappa shape index (κ1) is 25.8. The average Bonchev–Trinajstić information content (AvgIpc) is 2.87. The summed E-state index contributed by atoms with van der Waals surface area (Å²) in [6.45, 7) is 3.68. The van der Waals surface area contributed by atoms with Gasteiger partial charge in [0, 0.05) is 22.5 Å². The first-order valence-corrected chi connectivity index (χ1v) is 12.6. The number of rotatable bonds is 6. The van der Waals surface area contributed by atoms with Crippen molar-refractivity contribution in [3.05, 3.63) is 46.3 Å². The minimum Gasteiger partial charge on any atom is -0.497 e. The number of carbonyl (C=O) groups is 3. The largest absolute Gasteiger partial charge is 0.497 e. The van der Waals surface area contributed by atoms with Crippen molar-refractivity contribution >= 4 is 17.7 Å². The van der Waals surface area contributed by atoms with Gasteiger partial charge in [-0.05, 0) is 63.1 Å². The van der Waals surface area contributed by atoms with Gasteiger partial charge in [-0.15, -0.1) is 0 Å². The quantitative estimate of drug-likeness (QED) is 0.461. The molecule has 1 fully saturated rings. The Labute approximate surface area is 212 Å². The van der Waals surface area contributed by atoms with E-state index >= 15 is 0 Å². The van der Waals surface area contributed by atoms with Crippen molar-refractivity contribution < 1.29 is 33.3 Å². The number of carbonyl (C=O) groups excluding carboxylic acids is 3. The van der Waals surface area contributed by atoms with Gasteiger partial charge in [0.05, 0.1) is 32.8 Å². The summed E-state index contributed by atoms with van der Waals surface area (Å²) < 4.78 is 22.1. The van der Waals surface area contributed by atoms with Crippen LogP contribution in [0.5, 0.6) is 11.5 Å². The molecule has 1 heterocycles. The van der Waals surface area contributed by atoms with E-state index in [1.165, 1.54) is 7.11 Å². The van der Waals surface area contributed by atoms with Gasteiger partial charge in [0.2, 0.25) is 0 Å². The molecule has 0 spiro atoms. The molecule has 0 aromatic heterocycles. The molecule has 194 valence electrons. The molecule has 1 saturated carbocycles. The molecule has 8 heteroatoms. The van der Waals surface area contributed by atoms with Gasteiger partial charge in [0.15, 0.2) is 5.78 Å². The molecule has 4 rings (SSSR count). The average molecular weight is 498 g/mol. The van der Waals surface area contributed by atoms with E-state index in [1.54, 1.807) is 32.4 Å². The van der Waals surface area contributed by atoms with Gasteiger partial charge in [-0.1, -0.05) is 13.3 Å². The summed E-state index contributed by atoms with van der Waals surface area (Å²) in [7, 11) is 4.38. The number of dihydropyridines is 1. The highest BCUT2D eigenvalue weighted by Gasteiger charge is 2.48. The van der Waals surface area contributed by atoms with E-state index in [-0.39, 0.29) is 17.8 Å². The summed E-state index contributed by atoms with van der Waals surface area (Å²) in [6, 6.07) is 5.29. The number of nitrogens with one attached hydrogen (secondary N) is 1. The molecule has 0 bridgehead atoms. The molecular weight excluding hydrogens is 462 g/mol. The van der Waals surface area contributed by atoms with Crippen LogP contribution in [0.1, 0.15) is 63.9 Å². The smallest absolute Gasteiger partial charge is 0.337 e. The molecule has 1 aromatic carbocycles. The van der Waals surface area contributed by atoms with Gasteiger partial charge < -0.3 is 24.3 Å². The normalized spacial score (nSPS) is 24.6. The lowest BCUT2D eigenvalue weighted by Gasteiger charge is -2.39. The van der Waals surface area contributed by atoms with Crippen molar-refractivity contribution in [1.29, 1.82) is 0 Å². The molecular formula is C28H35NO7. The zero-order valence-electron chi connectivity index (χ0n) is 21.6.